The van der Waals surface area contributed by atoms with Gasteiger partial charge in [-0.25, -0.2) is 0 Å². The number of hydrogen-bond donors (Lipinski definition) is 2. The van der Waals surface area contributed by atoms with Crippen molar-refractivity contribution in [3.05, 3.63) is 29.3 Å². The maximum absolute atomic E-state index is 10.5. The molecule has 0 fully saturated rings. The first-order valence-corrected chi connectivity index (χ1v) is 4.66. The summed E-state index contributed by atoms with van der Waals surface area (Å²) in [6.45, 7) is 1.92. The van der Waals surface area contributed by atoms with E-state index in [1.807, 2.05) is 19.1 Å². The first-order valence-electron chi connectivity index (χ1n) is 4.66. The quantitative estimate of drug-likeness (QED) is 0.787. The molecule has 3 N–H and O–H groups in total. The normalized spacial score (nSPS) is 12.2. The number of nitrogens with two attached hydrogens (primary N) is 1. The van der Waals surface area contributed by atoms with Gasteiger partial charge in [-0.2, -0.15) is 0 Å². The van der Waals surface area contributed by atoms with E-state index in [0.29, 0.717) is 0 Å². The summed E-state index contributed by atoms with van der Waals surface area (Å²) in [7, 11) is 1.58. The Kier molecular flexibility index (Phi) is 3.68. The summed E-state index contributed by atoms with van der Waals surface area (Å²) < 4.78 is 5.14. The van der Waals surface area contributed by atoms with E-state index in [4.69, 9.17) is 15.6 Å². The lowest BCUT2D eigenvalue weighted by Crippen LogP contribution is -2.15. The summed E-state index contributed by atoms with van der Waals surface area (Å²) in [5.41, 5.74) is 7.51. The molecule has 0 spiro atoms. The summed E-state index contributed by atoms with van der Waals surface area (Å²) in [6.07, 6.45) is -0.0772. The summed E-state index contributed by atoms with van der Waals surface area (Å²) in [5.74, 6) is -0.171. The van der Waals surface area contributed by atoms with Gasteiger partial charge >= 0.3 is 5.97 Å². The molecule has 0 aliphatic carbocycles. The molecule has 1 rings (SSSR count). The molecule has 1 unspecified atom stereocenters. The minimum Gasteiger partial charge on any atom is -0.496 e. The SMILES string of the molecule is COc1cc(C(N)CC(=O)O)ccc1C. The average Bonchev–Trinajstić information content (AvgIpc) is 2.17. The number of carbonyl (C=O) groups is 1. The molecule has 1 aromatic carbocycles. The van der Waals surface area contributed by atoms with Crippen molar-refractivity contribution in [1.29, 1.82) is 0 Å². The van der Waals surface area contributed by atoms with Crippen molar-refractivity contribution >= 4 is 5.97 Å². The van der Waals surface area contributed by atoms with Gasteiger partial charge in [0.2, 0.25) is 0 Å². The highest BCUT2D eigenvalue weighted by Gasteiger charge is 2.11. The molecule has 0 saturated carbocycles. The van der Waals surface area contributed by atoms with Gasteiger partial charge in [-0.1, -0.05) is 12.1 Å². The first kappa shape index (κ1) is 11.5. The monoisotopic (exact) mass is 209 g/mol. The molecular weight excluding hydrogens is 194 g/mol. The van der Waals surface area contributed by atoms with Gasteiger partial charge in [-0.05, 0) is 24.1 Å². The third-order valence-corrected chi connectivity index (χ3v) is 2.25. The molecule has 82 valence electrons. The largest absolute Gasteiger partial charge is 0.496 e. The van der Waals surface area contributed by atoms with Crippen molar-refractivity contribution in [3.8, 4) is 5.75 Å². The van der Waals surface area contributed by atoms with Crippen molar-refractivity contribution in [2.75, 3.05) is 7.11 Å². The minimum absolute atomic E-state index is 0.0772. The fourth-order valence-corrected chi connectivity index (χ4v) is 1.37. The summed E-state index contributed by atoms with van der Waals surface area (Å²) in [4.78, 5) is 10.5. The van der Waals surface area contributed by atoms with Crippen LogP contribution in [0.2, 0.25) is 0 Å². The fourth-order valence-electron chi connectivity index (χ4n) is 1.37. The first-order chi connectivity index (χ1) is 7.04. The van der Waals surface area contributed by atoms with E-state index in [9.17, 15) is 4.79 Å². The molecule has 0 aliphatic rings. The molecular formula is C11H15NO3. The minimum atomic E-state index is -0.901. The smallest absolute Gasteiger partial charge is 0.305 e. The topological polar surface area (TPSA) is 72.5 Å². The zero-order valence-corrected chi connectivity index (χ0v) is 8.86. The standard InChI is InChI=1S/C11H15NO3/c1-7-3-4-8(5-10(7)15-2)9(12)6-11(13)14/h3-5,9H,6,12H2,1-2H3,(H,13,14). The van der Waals surface area contributed by atoms with Crippen LogP contribution in [0.5, 0.6) is 5.75 Å². The van der Waals surface area contributed by atoms with Gasteiger partial charge in [-0.15, -0.1) is 0 Å². The predicted octanol–water partition coefficient (Wildman–Crippen LogP) is 1.48. The van der Waals surface area contributed by atoms with Crippen LogP contribution in [-0.2, 0) is 4.79 Å². The molecule has 0 radical (unpaired) electrons. The molecule has 4 heteroatoms. The molecule has 1 aromatic rings. The lowest BCUT2D eigenvalue weighted by Gasteiger charge is -2.12. The third-order valence-electron chi connectivity index (χ3n) is 2.25. The van der Waals surface area contributed by atoms with E-state index in [1.165, 1.54) is 0 Å². The van der Waals surface area contributed by atoms with Crippen molar-refractivity contribution in [1.82, 2.24) is 0 Å². The van der Waals surface area contributed by atoms with Gasteiger partial charge in [-0.3, -0.25) is 4.79 Å². The van der Waals surface area contributed by atoms with Crippen molar-refractivity contribution < 1.29 is 14.6 Å². The van der Waals surface area contributed by atoms with E-state index >= 15 is 0 Å². The van der Waals surface area contributed by atoms with Gasteiger partial charge in [0.25, 0.3) is 0 Å². The van der Waals surface area contributed by atoms with Crippen LogP contribution in [0, 0.1) is 6.92 Å². The number of ether oxygens (including phenoxy) is 1. The lowest BCUT2D eigenvalue weighted by molar-refractivity contribution is -0.137. The molecule has 0 heterocycles. The van der Waals surface area contributed by atoms with Crippen molar-refractivity contribution in [3.63, 3.8) is 0 Å². The zero-order chi connectivity index (χ0) is 11.4. The van der Waals surface area contributed by atoms with Crippen LogP contribution in [0.15, 0.2) is 18.2 Å². The highest BCUT2D eigenvalue weighted by Crippen LogP contribution is 2.23. The Morgan fingerprint density at radius 1 is 1.60 bits per heavy atom. The highest BCUT2D eigenvalue weighted by molar-refractivity contribution is 5.68. The molecule has 0 saturated heterocycles. The Morgan fingerprint density at radius 2 is 2.27 bits per heavy atom. The summed E-state index contributed by atoms with van der Waals surface area (Å²) >= 11 is 0. The number of rotatable bonds is 4. The predicted molar refractivity (Wildman–Crippen MR) is 56.9 cm³/mol. The van der Waals surface area contributed by atoms with E-state index in [1.54, 1.807) is 13.2 Å². The average molecular weight is 209 g/mol. The van der Waals surface area contributed by atoms with Crippen LogP contribution in [-0.4, -0.2) is 18.2 Å². The molecule has 15 heavy (non-hydrogen) atoms. The molecule has 4 nitrogen and oxygen atoms in total. The van der Waals surface area contributed by atoms with Gasteiger partial charge in [0.15, 0.2) is 0 Å². The Labute approximate surface area is 88.7 Å². The second kappa shape index (κ2) is 4.79. The zero-order valence-electron chi connectivity index (χ0n) is 8.86. The van der Waals surface area contributed by atoms with Gasteiger partial charge in [0, 0.05) is 6.04 Å². The van der Waals surface area contributed by atoms with Crippen LogP contribution in [0.1, 0.15) is 23.6 Å². The number of aliphatic carboxylic acids is 1. The van der Waals surface area contributed by atoms with Gasteiger partial charge in [0.1, 0.15) is 5.75 Å². The molecule has 0 aromatic heterocycles. The van der Waals surface area contributed by atoms with E-state index in [2.05, 4.69) is 0 Å². The van der Waals surface area contributed by atoms with E-state index in [-0.39, 0.29) is 6.42 Å². The Morgan fingerprint density at radius 3 is 2.80 bits per heavy atom. The van der Waals surface area contributed by atoms with Crippen molar-refractivity contribution in [2.24, 2.45) is 5.73 Å². The van der Waals surface area contributed by atoms with Crippen molar-refractivity contribution in [2.45, 2.75) is 19.4 Å². The number of carboxylic acids is 1. The number of methoxy groups -OCH3 is 1. The van der Waals surface area contributed by atoms with E-state index in [0.717, 1.165) is 16.9 Å². The fraction of sp³-hybridized carbons (Fsp3) is 0.364. The molecule has 0 bridgehead atoms. The number of aryl methyl sites for hydroxylation is 1. The second-order valence-corrected chi connectivity index (χ2v) is 3.43. The van der Waals surface area contributed by atoms with Crippen LogP contribution < -0.4 is 10.5 Å². The highest BCUT2D eigenvalue weighted by atomic mass is 16.5. The number of hydrogen-bond acceptors (Lipinski definition) is 3. The third kappa shape index (κ3) is 2.95. The number of benzene rings is 1. The molecule has 1 atom stereocenters. The maximum atomic E-state index is 10.5. The van der Waals surface area contributed by atoms with Crippen LogP contribution >= 0.6 is 0 Å². The number of carboxylic acid groups (broad SMARTS) is 1. The Hall–Kier alpha value is -1.55. The van der Waals surface area contributed by atoms with E-state index < -0.39 is 12.0 Å². The maximum Gasteiger partial charge on any atom is 0.305 e. The van der Waals surface area contributed by atoms with Crippen LogP contribution in [0.3, 0.4) is 0 Å². The van der Waals surface area contributed by atoms with Crippen LogP contribution in [0.4, 0.5) is 0 Å². The summed E-state index contributed by atoms with van der Waals surface area (Å²) in [6, 6.07) is 4.99. The summed E-state index contributed by atoms with van der Waals surface area (Å²) in [5, 5.41) is 8.62. The Balaban J connectivity index is 2.90. The van der Waals surface area contributed by atoms with Gasteiger partial charge < -0.3 is 15.6 Å². The Bertz CT molecular complexity index is 363. The van der Waals surface area contributed by atoms with Crippen LogP contribution in [0.25, 0.3) is 0 Å². The molecule has 0 amide bonds. The second-order valence-electron chi connectivity index (χ2n) is 3.43. The van der Waals surface area contributed by atoms with Gasteiger partial charge in [0.05, 0.1) is 13.5 Å². The molecule has 0 aliphatic heterocycles. The lowest BCUT2D eigenvalue weighted by atomic mass is 10.0.